The Morgan fingerprint density at radius 1 is 1.03 bits per heavy atom. The minimum Gasteiger partial charge on any atom is -0.493 e. The quantitative estimate of drug-likeness (QED) is 0.535. The zero-order valence-corrected chi connectivity index (χ0v) is 20.0. The van der Waals surface area contributed by atoms with Crippen molar-refractivity contribution in [3.8, 4) is 22.1 Å². The number of amides is 1. The highest BCUT2D eigenvalue weighted by atomic mass is 32.2. The van der Waals surface area contributed by atoms with Gasteiger partial charge in [-0.3, -0.25) is 4.79 Å². The second kappa shape index (κ2) is 9.90. The van der Waals surface area contributed by atoms with E-state index in [-0.39, 0.29) is 16.5 Å². The molecular weight excluding hydrogens is 462 g/mol. The number of anilines is 1. The van der Waals surface area contributed by atoms with E-state index in [9.17, 15) is 13.2 Å². The monoisotopic (exact) mass is 487 g/mol. The predicted molar refractivity (Wildman–Crippen MR) is 128 cm³/mol. The summed E-state index contributed by atoms with van der Waals surface area (Å²) in [7, 11) is -0.397. The lowest BCUT2D eigenvalue weighted by Crippen LogP contribution is -2.35. The summed E-state index contributed by atoms with van der Waals surface area (Å²) >= 11 is 1.32. The van der Waals surface area contributed by atoms with Gasteiger partial charge in [-0.25, -0.2) is 13.4 Å². The van der Waals surface area contributed by atoms with Crippen LogP contribution < -0.4 is 14.8 Å². The van der Waals surface area contributed by atoms with E-state index in [0.29, 0.717) is 35.3 Å². The van der Waals surface area contributed by atoms with Crippen molar-refractivity contribution in [1.82, 2.24) is 9.29 Å². The minimum atomic E-state index is -3.51. The Hall–Kier alpha value is -2.95. The van der Waals surface area contributed by atoms with Crippen LogP contribution in [0.25, 0.3) is 10.6 Å². The van der Waals surface area contributed by atoms with E-state index >= 15 is 0 Å². The Balaban J connectivity index is 1.48. The van der Waals surface area contributed by atoms with E-state index in [1.807, 2.05) is 12.1 Å². The molecule has 0 aliphatic carbocycles. The lowest BCUT2D eigenvalue weighted by molar-refractivity contribution is 0.102. The summed E-state index contributed by atoms with van der Waals surface area (Å²) in [4.78, 5) is 17.4. The van der Waals surface area contributed by atoms with Crippen molar-refractivity contribution >= 4 is 33.0 Å². The number of carbonyl (C=O) groups is 1. The van der Waals surface area contributed by atoms with E-state index < -0.39 is 10.0 Å². The number of carbonyl (C=O) groups excluding carboxylic acids is 1. The van der Waals surface area contributed by atoms with Crippen LogP contribution in [0.4, 0.5) is 5.69 Å². The number of sulfonamides is 1. The summed E-state index contributed by atoms with van der Waals surface area (Å²) in [6, 6.07) is 11.7. The lowest BCUT2D eigenvalue weighted by atomic mass is 10.2. The fraction of sp³-hybridized carbons (Fsp3) is 0.304. The first-order valence-corrected chi connectivity index (χ1v) is 12.8. The molecular formula is C23H25N3O5S2. The van der Waals surface area contributed by atoms with E-state index in [2.05, 4.69) is 10.3 Å². The van der Waals surface area contributed by atoms with Crippen molar-refractivity contribution in [3.63, 3.8) is 0 Å². The van der Waals surface area contributed by atoms with Crippen LogP contribution in [0.15, 0.2) is 52.7 Å². The van der Waals surface area contributed by atoms with Crippen molar-refractivity contribution in [2.24, 2.45) is 0 Å². The van der Waals surface area contributed by atoms with E-state index in [1.165, 1.54) is 27.8 Å². The van der Waals surface area contributed by atoms with E-state index in [0.717, 1.165) is 24.8 Å². The van der Waals surface area contributed by atoms with Gasteiger partial charge in [-0.2, -0.15) is 4.31 Å². The van der Waals surface area contributed by atoms with Gasteiger partial charge in [-0.15, -0.1) is 11.3 Å². The third-order valence-corrected chi connectivity index (χ3v) is 8.22. The van der Waals surface area contributed by atoms with Gasteiger partial charge in [-0.05, 0) is 49.2 Å². The fourth-order valence-corrected chi connectivity index (χ4v) is 6.06. The van der Waals surface area contributed by atoms with Gasteiger partial charge in [0, 0.05) is 24.2 Å². The van der Waals surface area contributed by atoms with Crippen LogP contribution in [0.2, 0.25) is 0 Å². The molecule has 0 unspecified atom stereocenters. The molecule has 0 bridgehead atoms. The van der Waals surface area contributed by atoms with Crippen LogP contribution in [0.5, 0.6) is 11.5 Å². The summed E-state index contributed by atoms with van der Waals surface area (Å²) < 4.78 is 37.9. The Bertz CT molecular complexity index is 1230. The number of thiazole rings is 1. The van der Waals surface area contributed by atoms with Crippen molar-refractivity contribution < 1.29 is 22.7 Å². The van der Waals surface area contributed by atoms with Crippen molar-refractivity contribution in [2.75, 3.05) is 32.6 Å². The fourth-order valence-electron chi connectivity index (χ4n) is 3.72. The number of nitrogens with one attached hydrogen (secondary N) is 1. The molecule has 1 saturated heterocycles. The van der Waals surface area contributed by atoms with Crippen molar-refractivity contribution in [2.45, 2.75) is 24.2 Å². The zero-order valence-electron chi connectivity index (χ0n) is 18.4. The number of methoxy groups -OCH3 is 2. The third kappa shape index (κ3) is 4.87. The summed E-state index contributed by atoms with van der Waals surface area (Å²) in [5.41, 5.74) is 1.48. The number of piperidine rings is 1. The highest BCUT2D eigenvalue weighted by Crippen LogP contribution is 2.39. The van der Waals surface area contributed by atoms with Crippen LogP contribution >= 0.6 is 11.3 Å². The van der Waals surface area contributed by atoms with Gasteiger partial charge in [0.25, 0.3) is 5.91 Å². The molecule has 1 N–H and O–H groups in total. The molecule has 1 fully saturated rings. The summed E-state index contributed by atoms with van der Waals surface area (Å²) in [6.45, 7) is 1.09. The molecule has 3 aromatic rings. The first-order valence-electron chi connectivity index (χ1n) is 10.5. The number of para-hydroxylation sites is 1. The maximum atomic E-state index is 12.8. The van der Waals surface area contributed by atoms with Crippen LogP contribution in [-0.4, -0.2) is 50.9 Å². The van der Waals surface area contributed by atoms with Crippen LogP contribution in [0, 0.1) is 0 Å². The first kappa shape index (κ1) is 23.2. The predicted octanol–water partition coefficient (Wildman–Crippen LogP) is 4.25. The molecule has 1 amide bonds. The Morgan fingerprint density at radius 3 is 2.42 bits per heavy atom. The normalized spacial score (nSPS) is 14.6. The maximum absolute atomic E-state index is 12.8. The molecule has 33 heavy (non-hydrogen) atoms. The molecule has 1 aliphatic rings. The SMILES string of the molecule is COc1cccc(-c2nc(C(=O)Nc3ccc(S(=O)(=O)N4CCCCC4)cc3)cs2)c1OC. The second-order valence-corrected chi connectivity index (χ2v) is 10.3. The molecule has 2 heterocycles. The average Bonchev–Trinajstić information content (AvgIpc) is 3.35. The smallest absolute Gasteiger partial charge is 0.275 e. The van der Waals surface area contributed by atoms with E-state index in [4.69, 9.17) is 9.47 Å². The minimum absolute atomic E-state index is 0.225. The third-order valence-electron chi connectivity index (χ3n) is 5.44. The molecule has 1 aliphatic heterocycles. The van der Waals surface area contributed by atoms with Crippen LogP contribution in [-0.2, 0) is 10.0 Å². The highest BCUT2D eigenvalue weighted by Gasteiger charge is 2.26. The first-order chi connectivity index (χ1) is 15.9. The number of aromatic nitrogens is 1. The van der Waals surface area contributed by atoms with Gasteiger partial charge < -0.3 is 14.8 Å². The molecule has 0 atom stereocenters. The molecule has 8 nitrogen and oxygen atoms in total. The van der Waals surface area contributed by atoms with Gasteiger partial charge in [0.1, 0.15) is 10.7 Å². The zero-order chi connectivity index (χ0) is 23.4. The molecule has 1 aromatic heterocycles. The molecule has 0 spiro atoms. The maximum Gasteiger partial charge on any atom is 0.275 e. The number of ether oxygens (including phenoxy) is 2. The van der Waals surface area contributed by atoms with Gasteiger partial charge in [0.2, 0.25) is 10.0 Å². The molecule has 0 saturated carbocycles. The topological polar surface area (TPSA) is 97.8 Å². The lowest BCUT2D eigenvalue weighted by Gasteiger charge is -2.25. The van der Waals surface area contributed by atoms with Gasteiger partial charge in [0.05, 0.1) is 24.7 Å². The number of hydrogen-bond donors (Lipinski definition) is 1. The number of rotatable bonds is 7. The Morgan fingerprint density at radius 2 is 1.76 bits per heavy atom. The average molecular weight is 488 g/mol. The summed E-state index contributed by atoms with van der Waals surface area (Å²) in [6.07, 6.45) is 2.81. The molecule has 4 rings (SSSR count). The number of hydrogen-bond acceptors (Lipinski definition) is 7. The molecule has 0 radical (unpaired) electrons. The summed E-state index contributed by atoms with van der Waals surface area (Å²) in [5, 5.41) is 5.06. The molecule has 174 valence electrons. The Kier molecular flexibility index (Phi) is 6.96. The van der Waals surface area contributed by atoms with Gasteiger partial charge in [-0.1, -0.05) is 12.5 Å². The van der Waals surface area contributed by atoms with Crippen molar-refractivity contribution in [3.05, 3.63) is 53.5 Å². The van der Waals surface area contributed by atoms with Crippen molar-refractivity contribution in [1.29, 1.82) is 0 Å². The number of benzene rings is 2. The molecule has 2 aromatic carbocycles. The van der Waals surface area contributed by atoms with Crippen LogP contribution in [0.3, 0.4) is 0 Å². The Labute approximate surface area is 197 Å². The highest BCUT2D eigenvalue weighted by molar-refractivity contribution is 7.89. The number of nitrogens with zero attached hydrogens (tertiary/aromatic N) is 2. The largest absolute Gasteiger partial charge is 0.493 e. The summed E-state index contributed by atoms with van der Waals surface area (Å²) in [5.74, 6) is 0.744. The van der Waals surface area contributed by atoms with Crippen LogP contribution in [0.1, 0.15) is 29.8 Å². The van der Waals surface area contributed by atoms with E-state index in [1.54, 1.807) is 37.8 Å². The molecule has 10 heteroatoms. The second-order valence-electron chi connectivity index (χ2n) is 7.52. The van der Waals surface area contributed by atoms with Gasteiger partial charge in [0.15, 0.2) is 11.5 Å². The van der Waals surface area contributed by atoms with Gasteiger partial charge >= 0.3 is 0 Å². The standard InChI is InChI=1S/C23H25N3O5S2/c1-30-20-8-6-7-18(21(20)31-2)23-25-19(15-32-23)22(27)24-16-9-11-17(12-10-16)33(28,29)26-13-4-3-5-14-26/h6-12,15H,3-5,13-14H2,1-2H3,(H,24,27).